The topological polar surface area (TPSA) is 35.8 Å². The van der Waals surface area contributed by atoms with Crippen LogP contribution in [0.3, 0.4) is 0 Å². The van der Waals surface area contributed by atoms with Crippen molar-refractivity contribution in [2.45, 2.75) is 38.8 Å². The fourth-order valence-electron chi connectivity index (χ4n) is 0.842. The molecular weight excluding hydrogens is 136 g/mol. The monoisotopic (exact) mass is 150 g/mol. The van der Waals surface area contributed by atoms with Gasteiger partial charge in [0.25, 0.3) is 0 Å². The molecule has 0 fully saturated rings. The van der Waals surface area contributed by atoms with Crippen molar-refractivity contribution in [2.75, 3.05) is 0 Å². The Morgan fingerprint density at radius 2 is 2.27 bits per heavy atom. The van der Waals surface area contributed by atoms with Crippen molar-refractivity contribution in [3.8, 4) is 18.4 Å². The molecular formula is C9H14N2. The van der Waals surface area contributed by atoms with Crippen molar-refractivity contribution in [2.24, 2.45) is 0 Å². The van der Waals surface area contributed by atoms with Gasteiger partial charge in [-0.25, -0.2) is 0 Å². The van der Waals surface area contributed by atoms with Crippen molar-refractivity contribution in [3.63, 3.8) is 0 Å². The highest BCUT2D eigenvalue weighted by atomic mass is 14.9. The van der Waals surface area contributed by atoms with Crippen molar-refractivity contribution in [1.82, 2.24) is 5.32 Å². The molecule has 0 amide bonds. The summed E-state index contributed by atoms with van der Waals surface area (Å²) in [5.74, 6) is 2.61. The molecule has 0 radical (unpaired) electrons. The molecule has 1 N–H and O–H groups in total. The largest absolute Gasteiger partial charge is 0.289 e. The van der Waals surface area contributed by atoms with E-state index in [-0.39, 0.29) is 12.1 Å². The number of hydrogen-bond donors (Lipinski definition) is 1. The van der Waals surface area contributed by atoms with Gasteiger partial charge in [0, 0.05) is 0 Å². The molecule has 0 aromatic carbocycles. The molecule has 0 saturated heterocycles. The summed E-state index contributed by atoms with van der Waals surface area (Å²) in [6.07, 6.45) is 7.21. The first-order valence-corrected chi connectivity index (χ1v) is 3.86. The first kappa shape index (κ1) is 10.0. The Morgan fingerprint density at radius 3 is 2.64 bits per heavy atom. The lowest BCUT2D eigenvalue weighted by Crippen LogP contribution is -2.34. The minimum Gasteiger partial charge on any atom is -0.289 e. The second-order valence-electron chi connectivity index (χ2n) is 2.53. The van der Waals surface area contributed by atoms with Gasteiger partial charge in [0.15, 0.2) is 0 Å². The predicted molar refractivity (Wildman–Crippen MR) is 45.7 cm³/mol. The molecule has 2 atom stereocenters. The van der Waals surface area contributed by atoms with Crippen LogP contribution in [0.2, 0.25) is 0 Å². The third-order valence-corrected chi connectivity index (χ3v) is 1.42. The van der Waals surface area contributed by atoms with E-state index >= 15 is 0 Å². The molecule has 0 aliphatic rings. The standard InChI is InChI=1S/C9H14N2/c1-4-6-9(5-2)11-8(3)7-10/h2,8-9,11H,4,6H2,1,3H3. The van der Waals surface area contributed by atoms with Gasteiger partial charge in [0.2, 0.25) is 0 Å². The van der Waals surface area contributed by atoms with Crippen LogP contribution in [0.5, 0.6) is 0 Å². The van der Waals surface area contributed by atoms with Gasteiger partial charge in [0.1, 0.15) is 0 Å². The van der Waals surface area contributed by atoms with Crippen molar-refractivity contribution in [1.29, 1.82) is 5.26 Å². The SMILES string of the molecule is C#CC(CCC)NC(C)C#N. The van der Waals surface area contributed by atoms with Crippen molar-refractivity contribution >= 4 is 0 Å². The highest BCUT2D eigenvalue weighted by Gasteiger charge is 2.06. The van der Waals surface area contributed by atoms with Crippen LogP contribution in [0.15, 0.2) is 0 Å². The first-order chi connectivity index (χ1) is 5.24. The fourth-order valence-corrected chi connectivity index (χ4v) is 0.842. The van der Waals surface area contributed by atoms with Crippen LogP contribution in [0.25, 0.3) is 0 Å². The van der Waals surface area contributed by atoms with E-state index in [2.05, 4.69) is 24.2 Å². The Labute approximate surface area is 68.6 Å². The summed E-state index contributed by atoms with van der Waals surface area (Å²) in [4.78, 5) is 0. The lowest BCUT2D eigenvalue weighted by Gasteiger charge is -2.12. The van der Waals surface area contributed by atoms with E-state index in [4.69, 9.17) is 11.7 Å². The molecule has 2 nitrogen and oxygen atoms in total. The van der Waals surface area contributed by atoms with E-state index in [0.717, 1.165) is 12.8 Å². The van der Waals surface area contributed by atoms with E-state index in [0.29, 0.717) is 0 Å². The van der Waals surface area contributed by atoms with Gasteiger partial charge in [-0.3, -0.25) is 5.32 Å². The van der Waals surface area contributed by atoms with Gasteiger partial charge in [0.05, 0.1) is 18.2 Å². The third kappa shape index (κ3) is 4.42. The van der Waals surface area contributed by atoms with Gasteiger partial charge in [-0.05, 0) is 13.3 Å². The maximum Gasteiger partial charge on any atom is 0.0933 e. The molecule has 0 saturated carbocycles. The van der Waals surface area contributed by atoms with E-state index in [1.54, 1.807) is 6.92 Å². The van der Waals surface area contributed by atoms with Crippen LogP contribution in [-0.4, -0.2) is 12.1 Å². The van der Waals surface area contributed by atoms with E-state index < -0.39 is 0 Å². The average molecular weight is 150 g/mol. The number of nitrogens with zero attached hydrogens (tertiary/aromatic N) is 1. The zero-order chi connectivity index (χ0) is 8.69. The van der Waals surface area contributed by atoms with E-state index in [1.807, 2.05) is 0 Å². The maximum absolute atomic E-state index is 8.47. The van der Waals surface area contributed by atoms with Gasteiger partial charge in [-0.1, -0.05) is 19.3 Å². The molecule has 11 heavy (non-hydrogen) atoms. The Balaban J connectivity index is 3.72. The zero-order valence-electron chi connectivity index (χ0n) is 7.09. The molecule has 0 aromatic heterocycles. The Hall–Kier alpha value is -0.990. The first-order valence-electron chi connectivity index (χ1n) is 3.86. The summed E-state index contributed by atoms with van der Waals surface area (Å²) < 4.78 is 0. The number of nitrogens with one attached hydrogen (secondary N) is 1. The minimum atomic E-state index is -0.150. The minimum absolute atomic E-state index is 0.0506. The predicted octanol–water partition coefficient (Wildman–Crippen LogP) is 1.29. The van der Waals surface area contributed by atoms with Gasteiger partial charge in [-0.15, -0.1) is 6.42 Å². The van der Waals surface area contributed by atoms with E-state index in [1.165, 1.54) is 0 Å². The number of rotatable bonds is 4. The quantitative estimate of drug-likeness (QED) is 0.613. The van der Waals surface area contributed by atoms with Gasteiger partial charge >= 0.3 is 0 Å². The summed E-state index contributed by atoms with van der Waals surface area (Å²) in [7, 11) is 0. The Kier molecular flexibility index (Phi) is 5.25. The molecule has 60 valence electrons. The molecule has 0 rings (SSSR count). The van der Waals surface area contributed by atoms with Gasteiger partial charge in [-0.2, -0.15) is 5.26 Å². The second kappa shape index (κ2) is 5.77. The molecule has 0 aromatic rings. The smallest absolute Gasteiger partial charge is 0.0933 e. The summed E-state index contributed by atoms with van der Waals surface area (Å²) in [6, 6.07) is 1.98. The van der Waals surface area contributed by atoms with Crippen LogP contribution in [0.4, 0.5) is 0 Å². The van der Waals surface area contributed by atoms with Crippen LogP contribution >= 0.6 is 0 Å². The highest BCUT2D eigenvalue weighted by Crippen LogP contribution is 1.95. The number of hydrogen-bond acceptors (Lipinski definition) is 2. The zero-order valence-corrected chi connectivity index (χ0v) is 7.09. The van der Waals surface area contributed by atoms with Gasteiger partial charge < -0.3 is 0 Å². The Bertz CT molecular complexity index is 173. The summed E-state index contributed by atoms with van der Waals surface area (Å²) in [5, 5.41) is 11.5. The van der Waals surface area contributed by atoms with Crippen molar-refractivity contribution < 1.29 is 0 Å². The Morgan fingerprint density at radius 1 is 1.64 bits per heavy atom. The lowest BCUT2D eigenvalue weighted by molar-refractivity contribution is 0.537. The number of terminal acetylenes is 1. The average Bonchev–Trinajstić information content (AvgIpc) is 2.03. The molecule has 0 heterocycles. The molecule has 0 aliphatic carbocycles. The molecule has 2 heteroatoms. The van der Waals surface area contributed by atoms with Crippen molar-refractivity contribution in [3.05, 3.63) is 0 Å². The summed E-state index contributed by atoms with van der Waals surface area (Å²) >= 11 is 0. The lowest BCUT2D eigenvalue weighted by atomic mass is 10.1. The molecule has 0 bridgehead atoms. The summed E-state index contributed by atoms with van der Waals surface area (Å²) in [5.41, 5.74) is 0. The molecule has 2 unspecified atom stereocenters. The normalized spacial score (nSPS) is 14.5. The van der Waals surface area contributed by atoms with Crippen LogP contribution in [0.1, 0.15) is 26.7 Å². The van der Waals surface area contributed by atoms with Crippen LogP contribution < -0.4 is 5.32 Å². The highest BCUT2D eigenvalue weighted by molar-refractivity contribution is 5.02. The van der Waals surface area contributed by atoms with Crippen LogP contribution in [-0.2, 0) is 0 Å². The third-order valence-electron chi connectivity index (χ3n) is 1.42. The number of nitriles is 1. The molecule has 0 aliphatic heterocycles. The second-order valence-corrected chi connectivity index (χ2v) is 2.53. The van der Waals surface area contributed by atoms with E-state index in [9.17, 15) is 0 Å². The summed E-state index contributed by atoms with van der Waals surface area (Å²) in [6.45, 7) is 3.88. The fraction of sp³-hybridized carbons (Fsp3) is 0.667. The van der Waals surface area contributed by atoms with Crippen LogP contribution in [0, 0.1) is 23.7 Å². The molecule has 0 spiro atoms. The maximum atomic E-state index is 8.47.